The minimum atomic E-state index is -0.900. The van der Waals surface area contributed by atoms with E-state index in [0.717, 1.165) is 0 Å². The van der Waals surface area contributed by atoms with E-state index in [9.17, 15) is 10.1 Å². The van der Waals surface area contributed by atoms with Gasteiger partial charge in [0.15, 0.2) is 0 Å². The third-order valence-corrected chi connectivity index (χ3v) is 3.46. The average Bonchev–Trinajstić information content (AvgIpc) is 2.47. The van der Waals surface area contributed by atoms with Crippen molar-refractivity contribution in [2.24, 2.45) is 5.92 Å². The highest BCUT2D eigenvalue weighted by Gasteiger charge is 2.34. The highest BCUT2D eigenvalue weighted by atomic mass is 16.5. The van der Waals surface area contributed by atoms with E-state index < -0.39 is 5.60 Å². The average molecular weight is 332 g/mol. The molecule has 0 aliphatic carbocycles. The minimum absolute atomic E-state index is 0.0233. The molecule has 132 valence electrons. The second-order valence-electron chi connectivity index (χ2n) is 6.71. The van der Waals surface area contributed by atoms with Gasteiger partial charge in [-0.3, -0.25) is 4.79 Å². The number of hydrogen-bond acceptors (Lipinski definition) is 4. The van der Waals surface area contributed by atoms with Gasteiger partial charge in [0, 0.05) is 12.3 Å². The largest absolute Gasteiger partial charge is 0.490 e. The lowest BCUT2D eigenvalue weighted by Gasteiger charge is -2.30. The van der Waals surface area contributed by atoms with Crippen molar-refractivity contribution in [1.82, 2.24) is 0 Å². The molecule has 0 aromatic heterocycles. The molecule has 1 N–H and O–H groups in total. The Balaban J connectivity index is 2.98. The van der Waals surface area contributed by atoms with Gasteiger partial charge < -0.3 is 14.8 Å². The Bertz CT molecular complexity index is 605. The van der Waals surface area contributed by atoms with Crippen LogP contribution in [-0.4, -0.2) is 24.2 Å². The number of carbonyl (C=O) groups excluding carboxylic acids is 1. The lowest BCUT2D eigenvalue weighted by atomic mass is 9.93. The standard InChI is InChI=1S/C19H28N2O3/c1-7-23-19(6,11-13(2)3)18(22)21-16-8-9-17(24-14(4)5)15(10-16)12-20/h8-10,13-14H,7,11H2,1-6H3,(H,21,22)/t19-/m0/s1. The monoisotopic (exact) mass is 332 g/mol. The maximum atomic E-state index is 12.7. The summed E-state index contributed by atoms with van der Waals surface area (Å²) in [7, 11) is 0. The third-order valence-electron chi connectivity index (χ3n) is 3.46. The Kier molecular flexibility index (Phi) is 7.24. The van der Waals surface area contributed by atoms with Crippen molar-refractivity contribution >= 4 is 11.6 Å². The van der Waals surface area contributed by atoms with Crippen molar-refractivity contribution in [2.75, 3.05) is 11.9 Å². The highest BCUT2D eigenvalue weighted by Crippen LogP contribution is 2.26. The third kappa shape index (κ3) is 5.54. The quantitative estimate of drug-likeness (QED) is 0.777. The van der Waals surface area contributed by atoms with E-state index in [-0.39, 0.29) is 12.0 Å². The summed E-state index contributed by atoms with van der Waals surface area (Å²) in [4.78, 5) is 12.7. The van der Waals surface area contributed by atoms with Crippen LogP contribution in [0.15, 0.2) is 18.2 Å². The molecule has 0 spiro atoms. The molecule has 0 heterocycles. The van der Waals surface area contributed by atoms with Crippen LogP contribution in [0.1, 0.15) is 53.5 Å². The topological polar surface area (TPSA) is 71.3 Å². The summed E-state index contributed by atoms with van der Waals surface area (Å²) in [5.74, 6) is 0.628. The Hall–Kier alpha value is -2.06. The maximum Gasteiger partial charge on any atom is 0.256 e. The zero-order valence-corrected chi connectivity index (χ0v) is 15.5. The van der Waals surface area contributed by atoms with Crippen LogP contribution >= 0.6 is 0 Å². The number of nitriles is 1. The number of amides is 1. The lowest BCUT2D eigenvalue weighted by Crippen LogP contribution is -2.44. The first kappa shape index (κ1) is 20.0. The highest BCUT2D eigenvalue weighted by molar-refractivity contribution is 5.97. The van der Waals surface area contributed by atoms with Gasteiger partial charge in [-0.15, -0.1) is 0 Å². The molecule has 0 fully saturated rings. The van der Waals surface area contributed by atoms with Crippen molar-refractivity contribution in [3.63, 3.8) is 0 Å². The summed E-state index contributed by atoms with van der Waals surface area (Å²) >= 11 is 0. The first-order valence-corrected chi connectivity index (χ1v) is 8.38. The first-order valence-electron chi connectivity index (χ1n) is 8.38. The number of nitrogens with one attached hydrogen (secondary N) is 1. The zero-order valence-electron chi connectivity index (χ0n) is 15.5. The number of anilines is 1. The predicted octanol–water partition coefficient (Wildman–Crippen LogP) is 4.13. The van der Waals surface area contributed by atoms with Gasteiger partial charge in [-0.05, 0) is 58.2 Å². The van der Waals surface area contributed by atoms with Crippen molar-refractivity contribution < 1.29 is 14.3 Å². The van der Waals surface area contributed by atoms with Crippen molar-refractivity contribution in [2.45, 2.75) is 59.7 Å². The van der Waals surface area contributed by atoms with Crippen LogP contribution in [-0.2, 0) is 9.53 Å². The van der Waals surface area contributed by atoms with Crippen LogP contribution in [0.2, 0.25) is 0 Å². The van der Waals surface area contributed by atoms with E-state index in [1.807, 2.05) is 20.8 Å². The predicted molar refractivity (Wildman–Crippen MR) is 95.0 cm³/mol. The van der Waals surface area contributed by atoms with Gasteiger partial charge >= 0.3 is 0 Å². The van der Waals surface area contributed by atoms with Crippen LogP contribution in [0.5, 0.6) is 5.75 Å². The van der Waals surface area contributed by atoms with Gasteiger partial charge in [0.1, 0.15) is 17.4 Å². The molecule has 5 nitrogen and oxygen atoms in total. The number of ether oxygens (including phenoxy) is 2. The maximum absolute atomic E-state index is 12.7. The van der Waals surface area contributed by atoms with Crippen molar-refractivity contribution in [3.8, 4) is 11.8 Å². The molecule has 0 aliphatic heterocycles. The van der Waals surface area contributed by atoms with E-state index in [1.165, 1.54) is 0 Å². The first-order chi connectivity index (χ1) is 11.2. The summed E-state index contributed by atoms with van der Waals surface area (Å²) in [6.45, 7) is 12.0. The van der Waals surface area contributed by atoms with E-state index in [1.54, 1.807) is 25.1 Å². The summed E-state index contributed by atoms with van der Waals surface area (Å²) in [6, 6.07) is 7.16. The molecule has 0 aliphatic rings. The fourth-order valence-corrected chi connectivity index (χ4v) is 2.63. The number of hydrogen-bond donors (Lipinski definition) is 1. The van der Waals surface area contributed by atoms with Crippen molar-refractivity contribution in [3.05, 3.63) is 23.8 Å². The molecule has 0 radical (unpaired) electrons. The Labute approximate surface area is 145 Å². The smallest absolute Gasteiger partial charge is 0.256 e. The van der Waals surface area contributed by atoms with E-state index in [4.69, 9.17) is 9.47 Å². The van der Waals surface area contributed by atoms with E-state index in [0.29, 0.717) is 35.9 Å². The molecular formula is C19H28N2O3. The Morgan fingerprint density at radius 2 is 2.00 bits per heavy atom. The second-order valence-corrected chi connectivity index (χ2v) is 6.71. The molecule has 0 unspecified atom stereocenters. The van der Waals surface area contributed by atoms with Gasteiger partial charge in [-0.25, -0.2) is 0 Å². The number of rotatable bonds is 8. The molecular weight excluding hydrogens is 304 g/mol. The summed E-state index contributed by atoms with van der Waals surface area (Å²) < 4.78 is 11.3. The summed E-state index contributed by atoms with van der Waals surface area (Å²) in [5, 5.41) is 12.1. The Morgan fingerprint density at radius 1 is 1.33 bits per heavy atom. The number of benzene rings is 1. The molecule has 0 saturated carbocycles. The molecule has 0 saturated heterocycles. The van der Waals surface area contributed by atoms with Crippen LogP contribution in [0, 0.1) is 17.2 Å². The van der Waals surface area contributed by atoms with Gasteiger partial charge in [0.25, 0.3) is 5.91 Å². The fraction of sp³-hybridized carbons (Fsp3) is 0.579. The fourth-order valence-electron chi connectivity index (χ4n) is 2.63. The summed E-state index contributed by atoms with van der Waals surface area (Å²) in [5.41, 5.74) is 0.0499. The second kappa shape index (κ2) is 8.70. The molecule has 24 heavy (non-hydrogen) atoms. The normalized spacial score (nSPS) is 13.5. The summed E-state index contributed by atoms with van der Waals surface area (Å²) in [6.07, 6.45) is 0.594. The van der Waals surface area contributed by atoms with Crippen LogP contribution in [0.3, 0.4) is 0 Å². The van der Waals surface area contributed by atoms with Crippen LogP contribution in [0.4, 0.5) is 5.69 Å². The van der Waals surface area contributed by atoms with Crippen LogP contribution < -0.4 is 10.1 Å². The molecule has 1 rings (SSSR count). The van der Waals surface area contributed by atoms with E-state index >= 15 is 0 Å². The Morgan fingerprint density at radius 3 is 2.50 bits per heavy atom. The number of carbonyl (C=O) groups is 1. The van der Waals surface area contributed by atoms with Crippen LogP contribution in [0.25, 0.3) is 0 Å². The minimum Gasteiger partial charge on any atom is -0.490 e. The lowest BCUT2D eigenvalue weighted by molar-refractivity contribution is -0.140. The molecule has 0 bridgehead atoms. The molecule has 1 amide bonds. The van der Waals surface area contributed by atoms with Gasteiger partial charge in [0.05, 0.1) is 11.7 Å². The van der Waals surface area contributed by atoms with Gasteiger partial charge in [0.2, 0.25) is 0 Å². The van der Waals surface area contributed by atoms with Gasteiger partial charge in [-0.1, -0.05) is 13.8 Å². The number of nitrogens with zero attached hydrogens (tertiary/aromatic N) is 1. The van der Waals surface area contributed by atoms with Gasteiger partial charge in [-0.2, -0.15) is 5.26 Å². The van der Waals surface area contributed by atoms with E-state index in [2.05, 4.69) is 25.2 Å². The van der Waals surface area contributed by atoms with Crippen molar-refractivity contribution in [1.29, 1.82) is 5.26 Å². The molecule has 5 heteroatoms. The molecule has 1 aromatic rings. The SMILES string of the molecule is CCO[C@@](C)(CC(C)C)C(=O)Nc1ccc(OC(C)C)c(C#N)c1. The molecule has 1 aromatic carbocycles. The zero-order chi connectivity index (χ0) is 18.3. The molecule has 1 atom stereocenters.